The van der Waals surface area contributed by atoms with E-state index in [-0.39, 0.29) is 16.7 Å². The molecule has 0 spiro atoms. The van der Waals surface area contributed by atoms with Crippen LogP contribution in [0, 0.1) is 12.7 Å². The van der Waals surface area contributed by atoms with Crippen molar-refractivity contribution in [3.8, 4) is 0 Å². The van der Waals surface area contributed by atoms with Gasteiger partial charge in [0.05, 0.1) is 0 Å². The summed E-state index contributed by atoms with van der Waals surface area (Å²) in [4.78, 5) is 11.6. The molecule has 0 unspecified atom stereocenters. The number of aryl methyl sites for hydroxylation is 1. The van der Waals surface area contributed by atoms with Crippen LogP contribution in [-0.2, 0) is 9.05 Å². The molecule has 1 aromatic carbocycles. The van der Waals surface area contributed by atoms with Crippen LogP contribution in [0.4, 0.5) is 4.39 Å². The zero-order valence-electron chi connectivity index (χ0n) is 11.9. The summed E-state index contributed by atoms with van der Waals surface area (Å²) in [5, 5.41) is 2.90. The Morgan fingerprint density at radius 2 is 1.90 bits per heavy atom. The summed E-state index contributed by atoms with van der Waals surface area (Å²) in [6.07, 6.45) is 3.83. The third-order valence-electron chi connectivity index (χ3n) is 3.87. The molecule has 0 aliphatic heterocycles. The van der Waals surface area contributed by atoms with Crippen molar-refractivity contribution in [1.82, 2.24) is 5.32 Å². The average molecular weight is 334 g/mol. The molecule has 0 saturated heterocycles. The van der Waals surface area contributed by atoms with Gasteiger partial charge in [-0.15, -0.1) is 0 Å². The molecular formula is C14H17ClFNO3S. The van der Waals surface area contributed by atoms with E-state index in [0.717, 1.165) is 31.7 Å². The quantitative estimate of drug-likeness (QED) is 0.864. The van der Waals surface area contributed by atoms with Crippen molar-refractivity contribution in [3.63, 3.8) is 0 Å². The average Bonchev–Trinajstić information content (AvgIpc) is 2.77. The molecule has 1 saturated carbocycles. The van der Waals surface area contributed by atoms with Crippen LogP contribution >= 0.6 is 10.7 Å². The predicted octanol–water partition coefficient (Wildman–Crippen LogP) is 3.12. The van der Waals surface area contributed by atoms with Gasteiger partial charge in [-0.3, -0.25) is 4.79 Å². The summed E-state index contributed by atoms with van der Waals surface area (Å²) in [5.41, 5.74) is -0.126. The van der Waals surface area contributed by atoms with Crippen LogP contribution in [0.25, 0.3) is 0 Å². The van der Waals surface area contributed by atoms with E-state index < -0.39 is 25.7 Å². The lowest BCUT2D eigenvalue weighted by molar-refractivity contribution is 0.0907. The third-order valence-corrected chi connectivity index (χ3v) is 5.19. The molecule has 21 heavy (non-hydrogen) atoms. The number of amides is 1. The fourth-order valence-electron chi connectivity index (χ4n) is 2.67. The molecule has 2 rings (SSSR count). The topological polar surface area (TPSA) is 63.2 Å². The summed E-state index contributed by atoms with van der Waals surface area (Å²) in [6.45, 7) is 3.35. The highest BCUT2D eigenvalue weighted by Gasteiger charge is 2.31. The standard InChI is InChI=1S/C14H17ClFNO3S/c1-9-7-10(8-11(12(9)16)21(15,19)20)13(18)17-14(2)5-3-4-6-14/h7-8H,3-6H2,1-2H3,(H,17,18). The van der Waals surface area contributed by atoms with Gasteiger partial charge < -0.3 is 5.32 Å². The Balaban J connectivity index is 2.36. The molecule has 0 atom stereocenters. The Bertz CT molecular complexity index is 682. The molecule has 116 valence electrons. The second kappa shape index (κ2) is 5.57. The maximum absolute atomic E-state index is 13.8. The van der Waals surface area contributed by atoms with E-state index >= 15 is 0 Å². The summed E-state index contributed by atoms with van der Waals surface area (Å²) in [7, 11) is 0.973. The first kappa shape index (κ1) is 16.2. The van der Waals surface area contributed by atoms with Crippen LogP contribution in [0.2, 0.25) is 0 Å². The van der Waals surface area contributed by atoms with Crippen molar-refractivity contribution < 1.29 is 17.6 Å². The monoisotopic (exact) mass is 333 g/mol. The fourth-order valence-corrected chi connectivity index (χ4v) is 3.65. The Kier molecular flexibility index (Phi) is 4.31. The lowest BCUT2D eigenvalue weighted by Crippen LogP contribution is -2.43. The van der Waals surface area contributed by atoms with Gasteiger partial charge in [-0.25, -0.2) is 12.8 Å². The number of rotatable bonds is 3. The largest absolute Gasteiger partial charge is 0.347 e. The highest BCUT2D eigenvalue weighted by Crippen LogP contribution is 2.30. The predicted molar refractivity (Wildman–Crippen MR) is 78.5 cm³/mol. The van der Waals surface area contributed by atoms with Crippen molar-refractivity contribution in [2.45, 2.75) is 50.0 Å². The smallest absolute Gasteiger partial charge is 0.264 e. The zero-order chi connectivity index (χ0) is 15.8. The van der Waals surface area contributed by atoms with Crippen molar-refractivity contribution in [2.75, 3.05) is 0 Å². The second-order valence-electron chi connectivity index (χ2n) is 5.77. The van der Waals surface area contributed by atoms with Crippen molar-refractivity contribution in [1.29, 1.82) is 0 Å². The molecule has 1 fully saturated rings. The molecule has 0 aromatic heterocycles. The number of carbonyl (C=O) groups is 1. The molecule has 0 heterocycles. The SMILES string of the molecule is Cc1cc(C(=O)NC2(C)CCCC2)cc(S(=O)(=O)Cl)c1F. The first-order valence-electron chi connectivity index (χ1n) is 6.70. The second-order valence-corrected chi connectivity index (χ2v) is 8.30. The van der Waals surface area contributed by atoms with E-state index in [9.17, 15) is 17.6 Å². The Hall–Kier alpha value is -1.14. The van der Waals surface area contributed by atoms with Crippen LogP contribution in [0.1, 0.15) is 48.5 Å². The van der Waals surface area contributed by atoms with Crippen LogP contribution in [0.5, 0.6) is 0 Å². The van der Waals surface area contributed by atoms with E-state index in [4.69, 9.17) is 10.7 Å². The molecule has 0 bridgehead atoms. The first-order valence-corrected chi connectivity index (χ1v) is 9.01. The maximum atomic E-state index is 13.8. The minimum atomic E-state index is -4.24. The van der Waals surface area contributed by atoms with Crippen LogP contribution in [-0.4, -0.2) is 19.9 Å². The summed E-state index contributed by atoms with van der Waals surface area (Å²) >= 11 is 0. The van der Waals surface area contributed by atoms with Gasteiger partial charge in [0.15, 0.2) is 0 Å². The number of hydrogen-bond donors (Lipinski definition) is 1. The van der Waals surface area contributed by atoms with Gasteiger partial charge in [-0.2, -0.15) is 0 Å². The molecule has 1 N–H and O–H groups in total. The highest BCUT2D eigenvalue weighted by molar-refractivity contribution is 8.13. The van der Waals surface area contributed by atoms with Crippen LogP contribution in [0.15, 0.2) is 17.0 Å². The van der Waals surface area contributed by atoms with Crippen molar-refractivity contribution in [2.24, 2.45) is 0 Å². The van der Waals surface area contributed by atoms with E-state index in [0.29, 0.717) is 0 Å². The third kappa shape index (κ3) is 3.55. The van der Waals surface area contributed by atoms with Gasteiger partial charge in [0.1, 0.15) is 10.7 Å². The van der Waals surface area contributed by atoms with Gasteiger partial charge in [-0.1, -0.05) is 12.8 Å². The normalized spacial score (nSPS) is 17.7. The molecule has 0 radical (unpaired) electrons. The molecule has 1 aliphatic carbocycles. The van der Waals surface area contributed by atoms with E-state index in [1.807, 2.05) is 6.92 Å². The number of hydrogen-bond acceptors (Lipinski definition) is 3. The lowest BCUT2D eigenvalue weighted by Gasteiger charge is -2.25. The molecule has 1 aliphatic rings. The van der Waals surface area contributed by atoms with Crippen LogP contribution in [0.3, 0.4) is 0 Å². The van der Waals surface area contributed by atoms with Gasteiger partial charge in [-0.05, 0) is 44.4 Å². The molecule has 7 heteroatoms. The highest BCUT2D eigenvalue weighted by atomic mass is 35.7. The summed E-state index contributed by atoms with van der Waals surface area (Å²) < 4.78 is 36.6. The summed E-state index contributed by atoms with van der Waals surface area (Å²) in [5.74, 6) is -1.34. The van der Waals surface area contributed by atoms with E-state index in [1.165, 1.54) is 13.0 Å². The lowest BCUT2D eigenvalue weighted by atomic mass is 9.99. The van der Waals surface area contributed by atoms with Gasteiger partial charge in [0, 0.05) is 21.8 Å². The Morgan fingerprint density at radius 3 is 2.43 bits per heavy atom. The number of nitrogens with one attached hydrogen (secondary N) is 1. The maximum Gasteiger partial charge on any atom is 0.264 e. The number of benzene rings is 1. The van der Waals surface area contributed by atoms with Crippen LogP contribution < -0.4 is 5.32 Å². The summed E-state index contributed by atoms with van der Waals surface area (Å²) in [6, 6.07) is 2.31. The first-order chi connectivity index (χ1) is 9.62. The van der Waals surface area contributed by atoms with Crippen molar-refractivity contribution in [3.05, 3.63) is 29.1 Å². The minimum absolute atomic E-state index is 0.0680. The van der Waals surface area contributed by atoms with Crippen molar-refractivity contribution >= 4 is 25.6 Å². The molecule has 1 aromatic rings. The van der Waals surface area contributed by atoms with Gasteiger partial charge in [0.2, 0.25) is 0 Å². The van der Waals surface area contributed by atoms with E-state index in [1.54, 1.807) is 0 Å². The Morgan fingerprint density at radius 1 is 1.33 bits per heavy atom. The Labute approximate surface area is 128 Å². The van der Waals surface area contributed by atoms with E-state index in [2.05, 4.69) is 5.32 Å². The molecular weight excluding hydrogens is 317 g/mol. The zero-order valence-corrected chi connectivity index (χ0v) is 13.4. The molecule has 1 amide bonds. The fraction of sp³-hybridized carbons (Fsp3) is 0.500. The molecule has 4 nitrogen and oxygen atoms in total. The van der Waals surface area contributed by atoms with Gasteiger partial charge >= 0.3 is 0 Å². The minimum Gasteiger partial charge on any atom is -0.347 e. The number of halogens is 2. The van der Waals surface area contributed by atoms with Gasteiger partial charge in [0.25, 0.3) is 15.0 Å². The number of carbonyl (C=O) groups excluding carboxylic acids is 1.